The van der Waals surface area contributed by atoms with Crippen LogP contribution in [0.5, 0.6) is 0 Å². The number of urea groups is 1. The standard InChI is InChI=1S/C20H28N4O6/c1-5-9-21-20(28)22-13-8-10-24(18(26)14-7-6-11-30-14)16(13)17(25)23-15(12(2)3)19(27)29-4/h5-7,11-13,15-16H,1,8-10H2,2-4H3,(H,23,25)(H2,21,22,28). The van der Waals surface area contributed by atoms with Gasteiger partial charge < -0.3 is 30.0 Å². The van der Waals surface area contributed by atoms with Gasteiger partial charge in [-0.2, -0.15) is 0 Å². The number of carbonyl (C=O) groups excluding carboxylic acids is 4. The molecule has 0 aromatic carbocycles. The molecule has 1 aromatic rings. The molecule has 1 aromatic heterocycles. The lowest BCUT2D eigenvalue weighted by molar-refractivity contribution is -0.146. The Morgan fingerprint density at radius 2 is 2.10 bits per heavy atom. The molecule has 1 aliphatic rings. The molecule has 0 bridgehead atoms. The first kappa shape index (κ1) is 23.0. The summed E-state index contributed by atoms with van der Waals surface area (Å²) in [7, 11) is 1.24. The maximum atomic E-state index is 13.1. The maximum Gasteiger partial charge on any atom is 0.328 e. The van der Waals surface area contributed by atoms with E-state index in [4.69, 9.17) is 9.15 Å². The van der Waals surface area contributed by atoms with Gasteiger partial charge >= 0.3 is 12.0 Å². The van der Waals surface area contributed by atoms with Crippen LogP contribution in [0.25, 0.3) is 0 Å². The smallest absolute Gasteiger partial charge is 0.328 e. The highest BCUT2D eigenvalue weighted by atomic mass is 16.5. The molecule has 10 nitrogen and oxygen atoms in total. The minimum absolute atomic E-state index is 0.0814. The van der Waals surface area contributed by atoms with Crippen LogP contribution in [0.1, 0.15) is 30.8 Å². The van der Waals surface area contributed by atoms with Crippen molar-refractivity contribution in [2.24, 2.45) is 5.92 Å². The predicted octanol–water partition coefficient (Wildman–Crippen LogP) is 0.662. The van der Waals surface area contributed by atoms with Crippen LogP contribution < -0.4 is 16.0 Å². The summed E-state index contributed by atoms with van der Waals surface area (Å²) in [6, 6.07) is 0.0165. The first-order valence-electron chi connectivity index (χ1n) is 9.68. The van der Waals surface area contributed by atoms with Crippen LogP contribution in [-0.2, 0) is 14.3 Å². The van der Waals surface area contributed by atoms with Crippen molar-refractivity contribution in [3.05, 3.63) is 36.8 Å². The number of furan rings is 1. The first-order chi connectivity index (χ1) is 14.3. The first-order valence-corrected chi connectivity index (χ1v) is 9.68. The number of hydrogen-bond acceptors (Lipinski definition) is 6. The Bertz CT molecular complexity index is 776. The summed E-state index contributed by atoms with van der Waals surface area (Å²) in [5.41, 5.74) is 0. The molecule has 0 saturated carbocycles. The third-order valence-corrected chi connectivity index (χ3v) is 4.80. The van der Waals surface area contributed by atoms with Gasteiger partial charge in [0.1, 0.15) is 12.1 Å². The molecule has 3 unspecified atom stereocenters. The number of hydrogen-bond donors (Lipinski definition) is 3. The van der Waals surface area contributed by atoms with E-state index in [0.29, 0.717) is 6.42 Å². The SMILES string of the molecule is C=CCNC(=O)NC1CCN(C(=O)c2ccco2)C1C(=O)NC(C(=O)OC)C(C)C. The van der Waals surface area contributed by atoms with Crippen molar-refractivity contribution in [3.63, 3.8) is 0 Å². The van der Waals surface area contributed by atoms with E-state index in [-0.39, 0.29) is 24.8 Å². The van der Waals surface area contributed by atoms with E-state index in [2.05, 4.69) is 22.5 Å². The highest BCUT2D eigenvalue weighted by molar-refractivity contribution is 5.97. The number of carbonyl (C=O) groups is 4. The maximum absolute atomic E-state index is 13.1. The van der Waals surface area contributed by atoms with E-state index in [0.717, 1.165) is 0 Å². The molecule has 2 heterocycles. The van der Waals surface area contributed by atoms with Gasteiger partial charge in [-0.15, -0.1) is 6.58 Å². The predicted molar refractivity (Wildman–Crippen MR) is 107 cm³/mol. The molecular weight excluding hydrogens is 392 g/mol. The van der Waals surface area contributed by atoms with Gasteiger partial charge in [0, 0.05) is 13.1 Å². The average molecular weight is 420 g/mol. The third kappa shape index (κ3) is 5.40. The van der Waals surface area contributed by atoms with E-state index < -0.39 is 41.9 Å². The van der Waals surface area contributed by atoms with Gasteiger partial charge in [0.15, 0.2) is 5.76 Å². The normalized spacial score (nSPS) is 19.1. The van der Waals surface area contributed by atoms with Crippen molar-refractivity contribution in [1.82, 2.24) is 20.9 Å². The molecule has 1 fully saturated rings. The summed E-state index contributed by atoms with van der Waals surface area (Å²) in [6.07, 6.45) is 3.24. The van der Waals surface area contributed by atoms with Crippen LogP contribution in [0.15, 0.2) is 35.5 Å². The van der Waals surface area contributed by atoms with Crippen LogP contribution in [0.2, 0.25) is 0 Å². The molecule has 164 valence electrons. The molecule has 3 atom stereocenters. The molecule has 1 aliphatic heterocycles. The molecule has 30 heavy (non-hydrogen) atoms. The fourth-order valence-electron chi connectivity index (χ4n) is 3.29. The van der Waals surface area contributed by atoms with Gasteiger partial charge in [0.05, 0.1) is 19.4 Å². The van der Waals surface area contributed by atoms with Gasteiger partial charge in [-0.25, -0.2) is 9.59 Å². The summed E-state index contributed by atoms with van der Waals surface area (Å²) in [6.45, 7) is 7.54. The zero-order valence-corrected chi connectivity index (χ0v) is 17.3. The Balaban J connectivity index is 2.25. The van der Waals surface area contributed by atoms with Gasteiger partial charge in [0.2, 0.25) is 5.91 Å². The molecule has 3 N–H and O–H groups in total. The number of nitrogens with zero attached hydrogens (tertiary/aromatic N) is 1. The van der Waals surface area contributed by atoms with Crippen molar-refractivity contribution < 1.29 is 28.3 Å². The summed E-state index contributed by atoms with van der Waals surface area (Å²) in [5, 5.41) is 7.96. The second-order valence-corrected chi connectivity index (χ2v) is 7.21. The summed E-state index contributed by atoms with van der Waals surface area (Å²) in [5.74, 6) is -1.79. The van der Waals surface area contributed by atoms with Crippen molar-refractivity contribution >= 4 is 23.8 Å². The van der Waals surface area contributed by atoms with Crippen molar-refractivity contribution in [2.75, 3.05) is 20.2 Å². The van der Waals surface area contributed by atoms with Crippen molar-refractivity contribution in [2.45, 2.75) is 38.4 Å². The minimum atomic E-state index is -1.03. The van der Waals surface area contributed by atoms with Crippen LogP contribution in [0.4, 0.5) is 4.79 Å². The van der Waals surface area contributed by atoms with Gasteiger partial charge in [-0.05, 0) is 24.5 Å². The van der Waals surface area contributed by atoms with Crippen LogP contribution >= 0.6 is 0 Å². The van der Waals surface area contributed by atoms with E-state index in [1.54, 1.807) is 19.9 Å². The Morgan fingerprint density at radius 3 is 2.67 bits per heavy atom. The van der Waals surface area contributed by atoms with Gasteiger partial charge in [-0.1, -0.05) is 19.9 Å². The largest absolute Gasteiger partial charge is 0.467 e. The Labute approximate surface area is 175 Å². The lowest BCUT2D eigenvalue weighted by Crippen LogP contribution is -2.59. The number of esters is 1. The Morgan fingerprint density at radius 1 is 1.37 bits per heavy atom. The van der Waals surface area contributed by atoms with E-state index >= 15 is 0 Å². The van der Waals surface area contributed by atoms with Gasteiger partial charge in [0.25, 0.3) is 5.91 Å². The second kappa shape index (κ2) is 10.5. The molecule has 1 saturated heterocycles. The van der Waals surface area contributed by atoms with E-state index in [1.807, 2.05) is 0 Å². The number of rotatable bonds is 8. The second-order valence-electron chi connectivity index (χ2n) is 7.21. The fourth-order valence-corrected chi connectivity index (χ4v) is 3.29. The molecule has 2 rings (SSSR count). The number of amides is 4. The highest BCUT2D eigenvalue weighted by Crippen LogP contribution is 2.22. The van der Waals surface area contributed by atoms with E-state index in [1.165, 1.54) is 30.4 Å². The van der Waals surface area contributed by atoms with Crippen LogP contribution in [0.3, 0.4) is 0 Å². The van der Waals surface area contributed by atoms with Crippen molar-refractivity contribution in [3.8, 4) is 0 Å². The molecule has 0 aliphatic carbocycles. The number of nitrogens with one attached hydrogen (secondary N) is 3. The van der Waals surface area contributed by atoms with E-state index in [9.17, 15) is 19.2 Å². The summed E-state index contributed by atoms with van der Waals surface area (Å²) >= 11 is 0. The van der Waals surface area contributed by atoms with Crippen LogP contribution in [0, 0.1) is 5.92 Å². The molecule has 0 radical (unpaired) electrons. The van der Waals surface area contributed by atoms with Crippen molar-refractivity contribution in [1.29, 1.82) is 0 Å². The Hall–Kier alpha value is -3.30. The van der Waals surface area contributed by atoms with Gasteiger partial charge in [-0.3, -0.25) is 9.59 Å². The summed E-state index contributed by atoms with van der Waals surface area (Å²) in [4.78, 5) is 51.5. The molecular formula is C20H28N4O6. The fraction of sp³-hybridized carbons (Fsp3) is 0.500. The minimum Gasteiger partial charge on any atom is -0.467 e. The number of ether oxygens (including phenoxy) is 1. The Kier molecular flexibility index (Phi) is 8.02. The zero-order chi connectivity index (χ0) is 22.3. The average Bonchev–Trinajstić information content (AvgIpc) is 3.39. The summed E-state index contributed by atoms with van der Waals surface area (Å²) < 4.78 is 9.94. The number of likely N-dealkylation sites (tertiary alicyclic amines) is 1. The topological polar surface area (TPSA) is 130 Å². The third-order valence-electron chi connectivity index (χ3n) is 4.80. The zero-order valence-electron chi connectivity index (χ0n) is 17.3. The monoisotopic (exact) mass is 420 g/mol. The van der Waals surface area contributed by atoms with Crippen LogP contribution in [-0.4, -0.2) is 67.0 Å². The number of methoxy groups -OCH3 is 1. The molecule has 10 heteroatoms. The molecule has 0 spiro atoms. The lowest BCUT2D eigenvalue weighted by Gasteiger charge is -2.29. The molecule has 4 amide bonds. The highest BCUT2D eigenvalue weighted by Gasteiger charge is 2.44. The lowest BCUT2D eigenvalue weighted by atomic mass is 10.0. The quantitative estimate of drug-likeness (QED) is 0.418.